The van der Waals surface area contributed by atoms with Crippen LogP contribution >= 0.6 is 0 Å². The Morgan fingerprint density at radius 1 is 1.25 bits per heavy atom. The van der Waals surface area contributed by atoms with Crippen molar-refractivity contribution in [3.8, 4) is 0 Å². The number of carbonyl (C=O) groups is 1. The van der Waals surface area contributed by atoms with Crippen LogP contribution in [0.2, 0.25) is 0 Å². The average Bonchev–Trinajstić information content (AvgIpc) is 2.28. The van der Waals surface area contributed by atoms with E-state index in [2.05, 4.69) is 0 Å². The minimum absolute atomic E-state index is 0.113. The van der Waals surface area contributed by atoms with Gasteiger partial charge in [0.15, 0.2) is 5.78 Å². The van der Waals surface area contributed by atoms with E-state index >= 15 is 0 Å². The molecule has 0 spiro atoms. The number of hydrogen-bond donors (Lipinski definition) is 0. The van der Waals surface area contributed by atoms with Crippen molar-refractivity contribution in [1.82, 2.24) is 0 Å². The molecule has 1 aromatic rings. The van der Waals surface area contributed by atoms with Crippen LogP contribution in [-0.4, -0.2) is 11.9 Å². The van der Waals surface area contributed by atoms with Crippen LogP contribution < -0.4 is 0 Å². The van der Waals surface area contributed by atoms with Crippen molar-refractivity contribution >= 4 is 5.78 Å². The maximum Gasteiger partial charge on any atom is 0.192 e. The summed E-state index contributed by atoms with van der Waals surface area (Å²) in [7, 11) is 0. The van der Waals surface area contributed by atoms with Crippen LogP contribution in [0, 0.1) is 0 Å². The molecule has 0 fully saturated rings. The van der Waals surface area contributed by atoms with Gasteiger partial charge in [0, 0.05) is 11.1 Å². The fourth-order valence-electron chi connectivity index (χ4n) is 1.85. The third-order valence-corrected chi connectivity index (χ3v) is 2.70. The first-order valence-electron chi connectivity index (χ1n) is 5.65. The van der Waals surface area contributed by atoms with E-state index in [0.29, 0.717) is 0 Å². The Morgan fingerprint density at radius 3 is 2.75 bits per heavy atom. The molecule has 0 saturated heterocycles. The van der Waals surface area contributed by atoms with Gasteiger partial charge in [0.05, 0.1) is 12.4 Å². The van der Waals surface area contributed by atoms with E-state index in [1.54, 1.807) is 6.26 Å². The molecule has 0 unspecified atom stereocenters. The molecule has 0 heterocycles. The average molecular weight is 216 g/mol. The van der Waals surface area contributed by atoms with Gasteiger partial charge in [0.1, 0.15) is 0 Å². The Hall–Kier alpha value is -1.57. The van der Waals surface area contributed by atoms with Gasteiger partial charge in [-0.15, -0.1) is 0 Å². The van der Waals surface area contributed by atoms with Gasteiger partial charge in [-0.2, -0.15) is 0 Å². The number of rotatable bonds is 2. The maximum absolute atomic E-state index is 12.1. The summed E-state index contributed by atoms with van der Waals surface area (Å²) < 4.78 is 5.38. The van der Waals surface area contributed by atoms with Crippen molar-refractivity contribution in [1.29, 1.82) is 0 Å². The molecule has 2 nitrogen and oxygen atoms in total. The molecule has 0 bridgehead atoms. The van der Waals surface area contributed by atoms with Gasteiger partial charge in [-0.3, -0.25) is 4.79 Å². The summed E-state index contributed by atoms with van der Waals surface area (Å²) in [5.74, 6) is 0.113. The molecule has 2 rings (SSSR count). The number of benzene rings is 1. The zero-order valence-corrected chi connectivity index (χ0v) is 9.69. The fourth-order valence-corrected chi connectivity index (χ4v) is 1.85. The number of ketones is 1. The van der Waals surface area contributed by atoms with Gasteiger partial charge in [-0.05, 0) is 32.3 Å². The van der Waals surface area contributed by atoms with Crippen molar-refractivity contribution in [2.75, 3.05) is 0 Å². The third kappa shape index (κ3) is 2.16. The quantitative estimate of drug-likeness (QED) is 0.561. The second kappa shape index (κ2) is 4.52. The Morgan fingerprint density at radius 2 is 2.00 bits per heavy atom. The molecule has 0 saturated carbocycles. The highest BCUT2D eigenvalue weighted by Crippen LogP contribution is 2.24. The summed E-state index contributed by atoms with van der Waals surface area (Å²) in [5, 5.41) is 0. The first kappa shape index (κ1) is 10.9. The molecule has 1 aromatic carbocycles. The van der Waals surface area contributed by atoms with E-state index in [9.17, 15) is 4.79 Å². The Balaban J connectivity index is 2.24. The summed E-state index contributed by atoms with van der Waals surface area (Å²) >= 11 is 0. The number of Topliss-reactive ketones (excluding diaryl/α,β-unsaturated/α-hetero) is 1. The highest BCUT2D eigenvalue weighted by atomic mass is 16.5. The van der Waals surface area contributed by atoms with E-state index in [1.165, 1.54) is 0 Å². The summed E-state index contributed by atoms with van der Waals surface area (Å²) in [6, 6.07) is 7.79. The van der Waals surface area contributed by atoms with Crippen LogP contribution in [0.25, 0.3) is 0 Å². The van der Waals surface area contributed by atoms with Crippen LogP contribution in [-0.2, 0) is 11.2 Å². The lowest BCUT2D eigenvalue weighted by atomic mass is 9.87. The number of aryl methyl sites for hydroxylation is 1. The van der Waals surface area contributed by atoms with Crippen LogP contribution in [0.4, 0.5) is 0 Å². The topological polar surface area (TPSA) is 26.3 Å². The van der Waals surface area contributed by atoms with Crippen molar-refractivity contribution in [3.05, 3.63) is 47.2 Å². The van der Waals surface area contributed by atoms with Crippen molar-refractivity contribution in [3.63, 3.8) is 0 Å². The minimum atomic E-state index is 0.113. The molecule has 0 atom stereocenters. The second-order valence-electron chi connectivity index (χ2n) is 4.31. The normalized spacial score (nSPS) is 17.7. The van der Waals surface area contributed by atoms with Crippen LogP contribution in [0.1, 0.15) is 36.2 Å². The zero-order chi connectivity index (χ0) is 11.5. The molecule has 0 N–H and O–H groups in total. The van der Waals surface area contributed by atoms with Gasteiger partial charge in [-0.1, -0.05) is 24.3 Å². The zero-order valence-electron chi connectivity index (χ0n) is 9.69. The molecule has 1 aliphatic carbocycles. The molecule has 0 amide bonds. The highest BCUT2D eigenvalue weighted by Gasteiger charge is 2.21. The molecule has 2 heteroatoms. The third-order valence-electron chi connectivity index (χ3n) is 2.70. The Labute approximate surface area is 95.9 Å². The summed E-state index contributed by atoms with van der Waals surface area (Å²) in [6.07, 6.45) is 3.46. The first-order valence-corrected chi connectivity index (χ1v) is 5.65. The number of carbonyl (C=O) groups excluding carboxylic acids is 1. The number of ether oxygens (including phenoxy) is 1. The SMILES string of the molecule is CC(C)O/C=C1\CCc2ccccc2C1=O. The molecule has 0 aromatic heterocycles. The maximum atomic E-state index is 12.1. The molecular weight excluding hydrogens is 200 g/mol. The van der Waals surface area contributed by atoms with Crippen molar-refractivity contribution in [2.45, 2.75) is 32.8 Å². The molecule has 0 aliphatic heterocycles. The van der Waals surface area contributed by atoms with Crippen LogP contribution in [0.3, 0.4) is 0 Å². The van der Waals surface area contributed by atoms with E-state index in [0.717, 1.165) is 29.5 Å². The summed E-state index contributed by atoms with van der Waals surface area (Å²) in [4.78, 5) is 12.1. The lowest BCUT2D eigenvalue weighted by molar-refractivity contribution is 0.101. The minimum Gasteiger partial charge on any atom is -0.498 e. The van der Waals surface area contributed by atoms with Crippen molar-refractivity contribution < 1.29 is 9.53 Å². The largest absolute Gasteiger partial charge is 0.498 e. The van der Waals surface area contributed by atoms with Crippen molar-refractivity contribution in [2.24, 2.45) is 0 Å². The second-order valence-corrected chi connectivity index (χ2v) is 4.31. The van der Waals surface area contributed by atoms with E-state index in [1.807, 2.05) is 38.1 Å². The van der Waals surface area contributed by atoms with Crippen LogP contribution in [0.15, 0.2) is 36.1 Å². The molecule has 0 radical (unpaired) electrons. The molecule has 1 aliphatic rings. The predicted molar refractivity (Wildman–Crippen MR) is 63.4 cm³/mol. The lowest BCUT2D eigenvalue weighted by Crippen LogP contribution is -2.14. The lowest BCUT2D eigenvalue weighted by Gasteiger charge is -2.17. The predicted octanol–water partition coefficient (Wildman–Crippen LogP) is 3.12. The highest BCUT2D eigenvalue weighted by molar-refractivity contribution is 6.10. The van der Waals surface area contributed by atoms with Gasteiger partial charge in [0.2, 0.25) is 0 Å². The summed E-state index contributed by atoms with van der Waals surface area (Å²) in [5.41, 5.74) is 2.76. The smallest absolute Gasteiger partial charge is 0.192 e. The molecular formula is C14H16O2. The van der Waals surface area contributed by atoms with Gasteiger partial charge >= 0.3 is 0 Å². The van der Waals surface area contributed by atoms with Gasteiger partial charge in [-0.25, -0.2) is 0 Å². The fraction of sp³-hybridized carbons (Fsp3) is 0.357. The summed E-state index contributed by atoms with van der Waals surface area (Å²) in [6.45, 7) is 3.91. The molecule has 84 valence electrons. The van der Waals surface area contributed by atoms with E-state index in [4.69, 9.17) is 4.74 Å². The van der Waals surface area contributed by atoms with E-state index < -0.39 is 0 Å². The number of hydrogen-bond acceptors (Lipinski definition) is 2. The van der Waals surface area contributed by atoms with Gasteiger partial charge < -0.3 is 4.74 Å². The van der Waals surface area contributed by atoms with Crippen LogP contribution in [0.5, 0.6) is 0 Å². The monoisotopic (exact) mass is 216 g/mol. The standard InChI is InChI=1S/C14H16O2/c1-10(2)16-9-12-8-7-11-5-3-4-6-13(11)14(12)15/h3-6,9-10H,7-8H2,1-2H3/b12-9+. The number of allylic oxidation sites excluding steroid dienone is 1. The Kier molecular flexibility index (Phi) is 3.09. The van der Waals surface area contributed by atoms with Gasteiger partial charge in [0.25, 0.3) is 0 Å². The Bertz CT molecular complexity index is 430. The number of fused-ring (bicyclic) bond motifs is 1. The molecule has 16 heavy (non-hydrogen) atoms. The van der Waals surface area contributed by atoms with E-state index in [-0.39, 0.29) is 11.9 Å². The first-order chi connectivity index (χ1) is 7.68.